The summed E-state index contributed by atoms with van der Waals surface area (Å²) in [6.07, 6.45) is 2.09. The van der Waals surface area contributed by atoms with Gasteiger partial charge < -0.3 is 5.32 Å². The largest absolute Gasteiger partial charge is 0.351 e. The lowest BCUT2D eigenvalue weighted by Gasteiger charge is -2.01. The van der Waals surface area contributed by atoms with Crippen molar-refractivity contribution >= 4 is 65.0 Å². The summed E-state index contributed by atoms with van der Waals surface area (Å²) >= 11 is 11.5. The molecule has 0 aliphatic rings. The van der Waals surface area contributed by atoms with Crippen molar-refractivity contribution in [2.24, 2.45) is 0 Å². The summed E-state index contributed by atoms with van der Waals surface area (Å²) in [5, 5.41) is 3.87. The van der Waals surface area contributed by atoms with Crippen LogP contribution in [0.25, 0.3) is 0 Å². The molecule has 0 spiro atoms. The van der Waals surface area contributed by atoms with E-state index in [-0.39, 0.29) is 5.91 Å². The number of halogens is 3. The number of carbonyl (C=O) groups is 1. The lowest BCUT2D eigenvalue weighted by molar-refractivity contribution is 0.0957. The van der Waals surface area contributed by atoms with E-state index in [4.69, 9.17) is 0 Å². The summed E-state index contributed by atoms with van der Waals surface area (Å²) in [7, 11) is 0. The van der Waals surface area contributed by atoms with Gasteiger partial charge in [0.05, 0.1) is 8.66 Å². The van der Waals surface area contributed by atoms with Gasteiger partial charge >= 0.3 is 0 Å². The molecular formula is C9H10Br3NOS. The van der Waals surface area contributed by atoms with Crippen LogP contribution >= 0.6 is 59.1 Å². The third kappa shape index (κ3) is 4.54. The van der Waals surface area contributed by atoms with Crippen LogP contribution in [0.2, 0.25) is 0 Å². The number of alkyl halides is 1. The van der Waals surface area contributed by atoms with Crippen LogP contribution in [0.3, 0.4) is 0 Å². The molecule has 0 fully saturated rings. The number of unbranched alkanes of at least 4 members (excludes halogenated alkanes) is 1. The van der Waals surface area contributed by atoms with E-state index >= 15 is 0 Å². The first-order valence-electron chi connectivity index (χ1n) is 4.44. The van der Waals surface area contributed by atoms with Crippen molar-refractivity contribution in [3.8, 4) is 0 Å². The van der Waals surface area contributed by atoms with E-state index in [0.29, 0.717) is 0 Å². The molecule has 0 atom stereocenters. The van der Waals surface area contributed by atoms with Gasteiger partial charge in [-0.25, -0.2) is 0 Å². The van der Waals surface area contributed by atoms with Crippen molar-refractivity contribution in [1.82, 2.24) is 5.32 Å². The lowest BCUT2D eigenvalue weighted by atomic mass is 10.3. The standard InChI is InChI=1S/C9H10Br3NOS/c10-3-1-2-4-13-9(14)7-5-6(11)8(12)15-7/h5H,1-4H2,(H,13,14). The Hall–Kier alpha value is 0.610. The van der Waals surface area contributed by atoms with E-state index in [0.717, 1.165) is 37.9 Å². The van der Waals surface area contributed by atoms with Crippen LogP contribution in [-0.4, -0.2) is 17.8 Å². The molecule has 6 heteroatoms. The van der Waals surface area contributed by atoms with Crippen LogP contribution in [0.4, 0.5) is 0 Å². The first-order valence-corrected chi connectivity index (χ1v) is 7.96. The highest BCUT2D eigenvalue weighted by Crippen LogP contribution is 2.32. The monoisotopic (exact) mass is 417 g/mol. The van der Waals surface area contributed by atoms with E-state index in [9.17, 15) is 4.79 Å². The molecule has 0 bridgehead atoms. The topological polar surface area (TPSA) is 29.1 Å². The fourth-order valence-corrected chi connectivity index (χ4v) is 3.32. The molecule has 84 valence electrons. The normalized spacial score (nSPS) is 10.3. The maximum atomic E-state index is 11.6. The number of thiophene rings is 1. The molecule has 1 N–H and O–H groups in total. The van der Waals surface area contributed by atoms with Crippen molar-refractivity contribution in [3.63, 3.8) is 0 Å². The maximum absolute atomic E-state index is 11.6. The number of hydrogen-bond donors (Lipinski definition) is 1. The zero-order valence-electron chi connectivity index (χ0n) is 7.86. The zero-order valence-corrected chi connectivity index (χ0v) is 13.4. The highest BCUT2D eigenvalue weighted by Gasteiger charge is 2.10. The third-order valence-electron chi connectivity index (χ3n) is 1.71. The van der Waals surface area contributed by atoms with Gasteiger partial charge in [0, 0.05) is 16.3 Å². The second kappa shape index (κ2) is 7.04. The fourth-order valence-electron chi connectivity index (χ4n) is 0.967. The van der Waals surface area contributed by atoms with E-state index in [1.54, 1.807) is 0 Å². The maximum Gasteiger partial charge on any atom is 0.261 e. The minimum Gasteiger partial charge on any atom is -0.351 e. The number of hydrogen-bond acceptors (Lipinski definition) is 2. The SMILES string of the molecule is O=C(NCCCCBr)c1cc(Br)c(Br)s1. The molecule has 0 aliphatic carbocycles. The Bertz CT molecular complexity index is 321. The molecule has 15 heavy (non-hydrogen) atoms. The molecular weight excluding hydrogens is 410 g/mol. The lowest BCUT2D eigenvalue weighted by Crippen LogP contribution is -2.23. The van der Waals surface area contributed by atoms with E-state index in [1.165, 1.54) is 11.3 Å². The Kier molecular flexibility index (Phi) is 6.42. The molecule has 0 aliphatic heterocycles. The van der Waals surface area contributed by atoms with Crippen LogP contribution in [0.5, 0.6) is 0 Å². The number of amides is 1. The second-order valence-corrected chi connectivity index (χ2v) is 6.90. The van der Waals surface area contributed by atoms with Gasteiger partial charge in [-0.15, -0.1) is 11.3 Å². The molecule has 0 radical (unpaired) electrons. The summed E-state index contributed by atoms with van der Waals surface area (Å²) in [6, 6.07) is 1.83. The fraction of sp³-hybridized carbons (Fsp3) is 0.444. The highest BCUT2D eigenvalue weighted by atomic mass is 79.9. The predicted molar refractivity (Wildman–Crippen MR) is 75.1 cm³/mol. The van der Waals surface area contributed by atoms with Gasteiger partial charge in [0.15, 0.2) is 0 Å². The molecule has 1 rings (SSSR count). The van der Waals surface area contributed by atoms with E-state index in [1.807, 2.05) is 6.07 Å². The summed E-state index contributed by atoms with van der Waals surface area (Å²) in [5.74, 6) is 0.000900. The molecule has 0 unspecified atom stereocenters. The van der Waals surface area contributed by atoms with Crippen LogP contribution in [-0.2, 0) is 0 Å². The minimum absolute atomic E-state index is 0.000900. The molecule has 1 heterocycles. The number of rotatable bonds is 5. The highest BCUT2D eigenvalue weighted by molar-refractivity contribution is 9.13. The zero-order chi connectivity index (χ0) is 11.3. The van der Waals surface area contributed by atoms with E-state index in [2.05, 4.69) is 53.1 Å². The molecule has 2 nitrogen and oxygen atoms in total. The minimum atomic E-state index is 0.000900. The summed E-state index contributed by atoms with van der Waals surface area (Å²) in [5.41, 5.74) is 0. The second-order valence-electron chi connectivity index (χ2n) is 2.88. The number of nitrogens with one attached hydrogen (secondary N) is 1. The van der Waals surface area contributed by atoms with Gasteiger partial charge in [-0.3, -0.25) is 4.79 Å². The third-order valence-corrected chi connectivity index (χ3v) is 5.53. The molecule has 0 saturated carbocycles. The number of carbonyl (C=O) groups excluding carboxylic acids is 1. The van der Waals surface area contributed by atoms with Crippen LogP contribution in [0, 0.1) is 0 Å². The molecule has 1 aromatic heterocycles. The van der Waals surface area contributed by atoms with Crippen molar-refractivity contribution in [2.75, 3.05) is 11.9 Å². The Balaban J connectivity index is 2.40. The van der Waals surface area contributed by atoms with Gasteiger partial charge in [-0.1, -0.05) is 15.9 Å². The Morgan fingerprint density at radius 3 is 2.67 bits per heavy atom. The van der Waals surface area contributed by atoms with Crippen LogP contribution in [0.1, 0.15) is 22.5 Å². The Morgan fingerprint density at radius 1 is 1.40 bits per heavy atom. The first kappa shape index (κ1) is 13.7. The molecule has 0 aromatic carbocycles. The molecule has 0 saturated heterocycles. The molecule has 1 amide bonds. The quantitative estimate of drug-likeness (QED) is 0.563. The smallest absolute Gasteiger partial charge is 0.261 e. The van der Waals surface area contributed by atoms with Gasteiger partial charge in [0.25, 0.3) is 5.91 Å². The van der Waals surface area contributed by atoms with Crippen molar-refractivity contribution in [1.29, 1.82) is 0 Å². The first-order chi connectivity index (χ1) is 7.15. The van der Waals surface area contributed by atoms with Gasteiger partial charge in [-0.05, 0) is 50.8 Å². The van der Waals surface area contributed by atoms with E-state index < -0.39 is 0 Å². The summed E-state index contributed by atoms with van der Waals surface area (Å²) < 4.78 is 1.88. The molecule has 1 aromatic rings. The average molecular weight is 420 g/mol. The Labute approximate surface area is 118 Å². The average Bonchev–Trinajstić information content (AvgIpc) is 2.54. The van der Waals surface area contributed by atoms with Gasteiger partial charge in [0.1, 0.15) is 0 Å². The van der Waals surface area contributed by atoms with Crippen molar-refractivity contribution in [2.45, 2.75) is 12.8 Å². The van der Waals surface area contributed by atoms with Gasteiger partial charge in [-0.2, -0.15) is 0 Å². The van der Waals surface area contributed by atoms with Crippen LogP contribution in [0.15, 0.2) is 14.3 Å². The summed E-state index contributed by atoms with van der Waals surface area (Å²) in [4.78, 5) is 12.3. The Morgan fingerprint density at radius 2 is 2.13 bits per heavy atom. The van der Waals surface area contributed by atoms with Crippen LogP contribution < -0.4 is 5.32 Å². The van der Waals surface area contributed by atoms with Gasteiger partial charge in [0.2, 0.25) is 0 Å². The van der Waals surface area contributed by atoms with Crippen molar-refractivity contribution < 1.29 is 4.79 Å². The summed E-state index contributed by atoms with van der Waals surface area (Å²) in [6.45, 7) is 0.734. The van der Waals surface area contributed by atoms with Crippen molar-refractivity contribution in [3.05, 3.63) is 19.2 Å². The predicted octanol–water partition coefficient (Wildman–Crippen LogP) is 4.18.